The lowest BCUT2D eigenvalue weighted by Crippen LogP contribution is -2.46. The Hall–Kier alpha value is -2.30. The molecule has 2 fully saturated rings. The van der Waals surface area contributed by atoms with Crippen LogP contribution in [0, 0.1) is 17.3 Å². The summed E-state index contributed by atoms with van der Waals surface area (Å²) in [6.07, 6.45) is 0.110. The fourth-order valence-corrected chi connectivity index (χ4v) is 7.20. The van der Waals surface area contributed by atoms with Crippen LogP contribution in [0.5, 0.6) is 5.75 Å². The van der Waals surface area contributed by atoms with E-state index in [0.717, 1.165) is 30.4 Å². The number of carbonyl (C=O) groups excluding carboxylic acids is 1. The molecule has 9 heteroatoms. The number of aliphatic hydroxyl groups excluding tert-OH is 3. The fraction of sp³-hybridized carbons (Fsp3) is 0.480. The second-order valence-corrected chi connectivity index (χ2v) is 11.7. The highest BCUT2D eigenvalue weighted by atomic mass is 32.2. The van der Waals surface area contributed by atoms with E-state index in [4.69, 9.17) is 9.88 Å². The highest BCUT2D eigenvalue weighted by Gasteiger charge is 2.62. The fourth-order valence-electron chi connectivity index (χ4n) is 6.64. The summed E-state index contributed by atoms with van der Waals surface area (Å²) in [4.78, 5) is 12.5. The number of fused-ring (bicyclic) bond motifs is 5. The molecule has 0 aliphatic heterocycles. The molecule has 0 spiro atoms. The zero-order valence-electron chi connectivity index (χ0n) is 18.8. The van der Waals surface area contributed by atoms with E-state index < -0.39 is 39.7 Å². The molecule has 0 bridgehead atoms. The first-order valence-corrected chi connectivity index (χ1v) is 13.1. The van der Waals surface area contributed by atoms with Crippen LogP contribution in [0.1, 0.15) is 53.6 Å². The largest absolute Gasteiger partial charge is 0.423 e. The summed E-state index contributed by atoms with van der Waals surface area (Å²) < 4.78 is 28.7. The van der Waals surface area contributed by atoms with Crippen LogP contribution in [0.25, 0.3) is 0 Å². The normalized spacial score (nSPS) is 34.6. The number of carbonyl (C=O) groups is 1. The van der Waals surface area contributed by atoms with E-state index in [-0.39, 0.29) is 28.2 Å². The van der Waals surface area contributed by atoms with Crippen LogP contribution >= 0.6 is 0 Å². The van der Waals surface area contributed by atoms with Crippen molar-refractivity contribution in [2.75, 3.05) is 0 Å². The quantitative estimate of drug-likeness (QED) is 0.381. The van der Waals surface area contributed by atoms with E-state index in [9.17, 15) is 28.5 Å². The highest BCUT2D eigenvalue weighted by molar-refractivity contribution is 7.89. The van der Waals surface area contributed by atoms with Gasteiger partial charge in [-0.1, -0.05) is 19.1 Å². The summed E-state index contributed by atoms with van der Waals surface area (Å²) in [6, 6.07) is 10.9. The number of aliphatic hydroxyl groups is 3. The van der Waals surface area contributed by atoms with Crippen molar-refractivity contribution in [3.63, 3.8) is 0 Å². The molecule has 3 aliphatic carbocycles. The first-order valence-electron chi connectivity index (χ1n) is 11.5. The molecule has 3 aliphatic rings. The molecule has 0 radical (unpaired) electrons. The number of primary sulfonamides is 1. The number of hydrogen-bond donors (Lipinski definition) is 4. The van der Waals surface area contributed by atoms with E-state index >= 15 is 0 Å². The number of ether oxygens (including phenoxy) is 1. The van der Waals surface area contributed by atoms with Crippen LogP contribution in [-0.4, -0.2) is 48.0 Å². The number of rotatable bonds is 3. The minimum absolute atomic E-state index is 0.0863. The molecular weight excluding hydrogens is 458 g/mol. The van der Waals surface area contributed by atoms with E-state index in [1.165, 1.54) is 24.3 Å². The molecule has 0 amide bonds. The number of esters is 1. The summed E-state index contributed by atoms with van der Waals surface area (Å²) in [7, 11) is -3.93. The van der Waals surface area contributed by atoms with Crippen molar-refractivity contribution in [1.29, 1.82) is 0 Å². The zero-order valence-corrected chi connectivity index (χ0v) is 19.6. The maximum absolute atomic E-state index is 12.6. The number of sulfonamides is 1. The Morgan fingerprint density at radius 1 is 1.09 bits per heavy atom. The molecule has 3 unspecified atom stereocenters. The molecule has 7 atom stereocenters. The van der Waals surface area contributed by atoms with E-state index in [1.54, 1.807) is 6.07 Å². The van der Waals surface area contributed by atoms with Crippen LogP contribution in [0.4, 0.5) is 0 Å². The molecule has 2 saturated carbocycles. The molecule has 2 aromatic carbocycles. The van der Waals surface area contributed by atoms with Crippen molar-refractivity contribution in [2.45, 2.75) is 61.7 Å². The second-order valence-electron chi connectivity index (χ2n) is 10.1. The average Bonchev–Trinajstić information content (AvgIpc) is 2.98. The maximum Gasteiger partial charge on any atom is 0.343 e. The van der Waals surface area contributed by atoms with Gasteiger partial charge >= 0.3 is 5.97 Å². The summed E-state index contributed by atoms with van der Waals surface area (Å²) in [5.41, 5.74) is 1.81. The number of nitrogens with two attached hydrogens (primary N) is 1. The SMILES string of the molecule is C[C@]12CCC3c4ccc(OC(=O)c5cccc(S(N)(=O)=O)c5)cc4CCC3C1[C@@H](O)[C@@H](O)[C@@H]2O. The number of aryl methyl sites for hydroxylation is 1. The first kappa shape index (κ1) is 23.4. The van der Waals surface area contributed by atoms with Gasteiger partial charge in [0.2, 0.25) is 10.0 Å². The van der Waals surface area contributed by atoms with Gasteiger partial charge in [-0.05, 0) is 84.9 Å². The average molecular weight is 488 g/mol. The third kappa shape index (κ3) is 3.67. The van der Waals surface area contributed by atoms with Gasteiger partial charge in [0.25, 0.3) is 0 Å². The van der Waals surface area contributed by atoms with Crippen molar-refractivity contribution in [1.82, 2.24) is 0 Å². The van der Waals surface area contributed by atoms with Gasteiger partial charge in [0.15, 0.2) is 0 Å². The van der Waals surface area contributed by atoms with Crippen LogP contribution in [0.15, 0.2) is 47.4 Å². The Bertz CT molecular complexity index is 1250. The van der Waals surface area contributed by atoms with Crippen LogP contribution in [0.2, 0.25) is 0 Å². The Labute approximate surface area is 198 Å². The van der Waals surface area contributed by atoms with Crippen molar-refractivity contribution in [3.8, 4) is 5.75 Å². The van der Waals surface area contributed by atoms with Crippen LogP contribution < -0.4 is 9.88 Å². The van der Waals surface area contributed by atoms with E-state index in [2.05, 4.69) is 0 Å². The van der Waals surface area contributed by atoms with Gasteiger partial charge in [0, 0.05) is 5.41 Å². The maximum atomic E-state index is 12.6. The Kier molecular flexibility index (Phi) is 5.61. The molecule has 5 N–H and O–H groups in total. The van der Waals surface area contributed by atoms with Gasteiger partial charge in [0.1, 0.15) is 11.9 Å². The van der Waals surface area contributed by atoms with Crippen molar-refractivity contribution in [3.05, 3.63) is 59.2 Å². The first-order chi connectivity index (χ1) is 16.0. The van der Waals surface area contributed by atoms with Crippen molar-refractivity contribution >= 4 is 16.0 Å². The Morgan fingerprint density at radius 3 is 2.59 bits per heavy atom. The van der Waals surface area contributed by atoms with Crippen molar-refractivity contribution < 1.29 is 33.3 Å². The molecule has 5 rings (SSSR count). The molecule has 2 aromatic rings. The molecule has 8 nitrogen and oxygen atoms in total. The predicted octanol–water partition coefficient (Wildman–Crippen LogP) is 1.71. The third-order valence-corrected chi connectivity index (χ3v) is 9.23. The summed E-state index contributed by atoms with van der Waals surface area (Å²) in [5, 5.41) is 36.8. The van der Waals surface area contributed by atoms with Gasteiger partial charge in [-0.3, -0.25) is 0 Å². The molecule has 0 aromatic heterocycles. The summed E-state index contributed by atoms with van der Waals surface area (Å²) in [6.45, 7) is 1.97. The Balaban J connectivity index is 1.37. The van der Waals surface area contributed by atoms with Crippen molar-refractivity contribution in [2.24, 2.45) is 22.4 Å². The number of benzene rings is 2. The van der Waals surface area contributed by atoms with Gasteiger partial charge < -0.3 is 20.1 Å². The molecule has 34 heavy (non-hydrogen) atoms. The summed E-state index contributed by atoms with van der Waals surface area (Å²) in [5.74, 6) is -0.124. The van der Waals surface area contributed by atoms with Gasteiger partial charge in [-0.2, -0.15) is 0 Å². The topological polar surface area (TPSA) is 147 Å². The smallest absolute Gasteiger partial charge is 0.343 e. The lowest BCUT2D eigenvalue weighted by Gasteiger charge is -2.50. The third-order valence-electron chi connectivity index (χ3n) is 8.32. The minimum Gasteiger partial charge on any atom is -0.423 e. The van der Waals surface area contributed by atoms with Crippen LogP contribution in [-0.2, 0) is 16.4 Å². The standard InChI is InChI=1S/C25H29NO7S/c1-25-10-9-18-17-8-6-15(33-24(30)14-3-2-4-16(12-14)34(26,31)32)11-13(17)5-7-19(18)20(25)21(27)22(28)23(25)29/h2-4,6,8,11-12,18-23,27-29H,5,7,9-10H2,1H3,(H2,26,31,32)/t18?,19?,20?,21-,22-,23+,25+/m1/s1. The monoisotopic (exact) mass is 487 g/mol. The van der Waals surface area contributed by atoms with E-state index in [0.29, 0.717) is 12.2 Å². The minimum atomic E-state index is -3.93. The predicted molar refractivity (Wildman–Crippen MR) is 123 cm³/mol. The lowest BCUT2D eigenvalue weighted by atomic mass is 9.55. The van der Waals surface area contributed by atoms with Gasteiger partial charge in [-0.25, -0.2) is 18.4 Å². The van der Waals surface area contributed by atoms with Crippen LogP contribution in [0.3, 0.4) is 0 Å². The van der Waals surface area contributed by atoms with Gasteiger partial charge in [-0.15, -0.1) is 0 Å². The lowest BCUT2D eigenvalue weighted by molar-refractivity contribution is -0.0505. The van der Waals surface area contributed by atoms with E-state index in [1.807, 2.05) is 19.1 Å². The highest BCUT2D eigenvalue weighted by Crippen LogP contribution is 2.61. The second kappa shape index (κ2) is 8.13. The molecule has 182 valence electrons. The molecule has 0 heterocycles. The molecule has 0 saturated heterocycles. The van der Waals surface area contributed by atoms with Gasteiger partial charge in [0.05, 0.1) is 22.7 Å². The summed E-state index contributed by atoms with van der Waals surface area (Å²) >= 11 is 0. The molecular formula is C25H29NO7S. The Morgan fingerprint density at radius 2 is 1.85 bits per heavy atom. The number of hydrogen-bond acceptors (Lipinski definition) is 7. The zero-order chi connectivity index (χ0) is 24.4.